The van der Waals surface area contributed by atoms with E-state index in [1.807, 2.05) is 78.7 Å². The molecule has 0 fully saturated rings. The molecule has 2 aromatic heterocycles. The Morgan fingerprint density at radius 2 is 0.943 bits per heavy atom. The average molecular weight is 696 g/mol. The molecule has 7 aromatic carbocycles. The molecule has 0 saturated heterocycles. The summed E-state index contributed by atoms with van der Waals surface area (Å²) in [5.74, 6) is 1.95. The standard InChI is InChI=1S/C48H29N3OS/c1-3-11-31(12-4-1)45-49-46(32-13-5-2-6-14-32)51-47(50-45)33-21-19-30(20-22-33)34-23-24-35-40(29-34)48(39-25-26-41-36(44(35)39)27-28-52-41)37-15-7-9-17-42(37)53-43-18-10-8-16-38(43)48/h1-29H. The van der Waals surface area contributed by atoms with E-state index in [-0.39, 0.29) is 0 Å². The number of hydrogen-bond acceptors (Lipinski definition) is 5. The number of aromatic nitrogens is 3. The van der Waals surface area contributed by atoms with E-state index < -0.39 is 5.41 Å². The minimum atomic E-state index is -0.475. The van der Waals surface area contributed by atoms with Gasteiger partial charge in [0.05, 0.1) is 11.7 Å². The van der Waals surface area contributed by atoms with Gasteiger partial charge in [0.2, 0.25) is 0 Å². The SMILES string of the molecule is c1ccc(-c2nc(-c3ccccc3)nc(-c3ccc(-c4ccc5c(c4)C4(c6ccccc6Sc6ccccc64)c4ccc6occc6c4-5)cc3)n2)cc1. The smallest absolute Gasteiger partial charge is 0.164 e. The number of benzene rings is 7. The first-order valence-electron chi connectivity index (χ1n) is 17.8. The molecule has 0 amide bonds. The lowest BCUT2D eigenvalue weighted by molar-refractivity contribution is 0.615. The van der Waals surface area contributed by atoms with Crippen molar-refractivity contribution >= 4 is 22.7 Å². The summed E-state index contributed by atoms with van der Waals surface area (Å²) < 4.78 is 5.96. The molecular weight excluding hydrogens is 667 g/mol. The van der Waals surface area contributed by atoms with Crippen LogP contribution >= 0.6 is 11.8 Å². The lowest BCUT2D eigenvalue weighted by atomic mass is 9.67. The Bertz CT molecular complexity index is 2760. The van der Waals surface area contributed by atoms with E-state index in [0.717, 1.165) is 38.8 Å². The number of hydrogen-bond donors (Lipinski definition) is 0. The highest BCUT2D eigenvalue weighted by Crippen LogP contribution is 2.63. The average Bonchev–Trinajstić information content (AvgIpc) is 3.83. The van der Waals surface area contributed by atoms with E-state index in [1.165, 1.54) is 43.2 Å². The van der Waals surface area contributed by atoms with Gasteiger partial charge in [-0.15, -0.1) is 0 Å². The molecule has 0 radical (unpaired) electrons. The molecule has 1 aliphatic heterocycles. The summed E-state index contributed by atoms with van der Waals surface area (Å²) in [6, 6.07) is 60.2. The molecule has 2 aliphatic rings. The van der Waals surface area contributed by atoms with Gasteiger partial charge >= 0.3 is 0 Å². The van der Waals surface area contributed by atoms with Crippen LogP contribution in [0.5, 0.6) is 0 Å². The van der Waals surface area contributed by atoms with Gasteiger partial charge in [-0.25, -0.2) is 15.0 Å². The molecule has 0 bridgehead atoms. The molecule has 4 nitrogen and oxygen atoms in total. The van der Waals surface area contributed by atoms with Gasteiger partial charge in [-0.1, -0.05) is 151 Å². The first-order valence-corrected chi connectivity index (χ1v) is 18.6. The van der Waals surface area contributed by atoms with Gasteiger partial charge in [0, 0.05) is 31.9 Å². The van der Waals surface area contributed by atoms with Crippen molar-refractivity contribution < 1.29 is 4.42 Å². The first-order chi connectivity index (χ1) is 26.3. The fraction of sp³-hybridized carbons (Fsp3) is 0.0208. The van der Waals surface area contributed by atoms with E-state index in [2.05, 4.69) is 109 Å². The van der Waals surface area contributed by atoms with Gasteiger partial charge < -0.3 is 4.42 Å². The van der Waals surface area contributed by atoms with Crippen LogP contribution < -0.4 is 0 Å². The third kappa shape index (κ3) is 4.54. The summed E-state index contributed by atoms with van der Waals surface area (Å²) in [6.45, 7) is 0. The lowest BCUT2D eigenvalue weighted by Gasteiger charge is -2.39. The van der Waals surface area contributed by atoms with Crippen molar-refractivity contribution in [1.29, 1.82) is 0 Å². The molecule has 5 heteroatoms. The van der Waals surface area contributed by atoms with Crippen molar-refractivity contribution in [3.05, 3.63) is 198 Å². The van der Waals surface area contributed by atoms with Gasteiger partial charge in [0.15, 0.2) is 17.5 Å². The van der Waals surface area contributed by atoms with Crippen molar-refractivity contribution in [1.82, 2.24) is 15.0 Å². The van der Waals surface area contributed by atoms with Crippen LogP contribution in [0, 0.1) is 0 Å². The second-order valence-corrected chi connectivity index (χ2v) is 14.6. The number of nitrogens with zero attached hydrogens (tertiary/aromatic N) is 3. The predicted octanol–water partition coefficient (Wildman–Crippen LogP) is 12.1. The first kappa shape index (κ1) is 30.1. The molecular formula is C48H29N3OS. The second kappa shape index (κ2) is 11.7. The third-order valence-electron chi connectivity index (χ3n) is 10.7. The zero-order chi connectivity index (χ0) is 34.9. The molecule has 11 rings (SSSR count). The molecule has 0 atom stereocenters. The van der Waals surface area contributed by atoms with Crippen LogP contribution in [0.15, 0.2) is 190 Å². The van der Waals surface area contributed by atoms with E-state index in [1.54, 1.807) is 0 Å². The van der Waals surface area contributed by atoms with Gasteiger partial charge in [0.1, 0.15) is 5.58 Å². The highest BCUT2D eigenvalue weighted by atomic mass is 32.2. The van der Waals surface area contributed by atoms with Crippen molar-refractivity contribution in [2.45, 2.75) is 15.2 Å². The fourth-order valence-electron chi connectivity index (χ4n) is 8.37. The minimum absolute atomic E-state index is 0.475. The van der Waals surface area contributed by atoms with Gasteiger partial charge in [-0.2, -0.15) is 0 Å². The van der Waals surface area contributed by atoms with Crippen molar-refractivity contribution in [2.24, 2.45) is 0 Å². The van der Waals surface area contributed by atoms with E-state index in [9.17, 15) is 0 Å². The van der Waals surface area contributed by atoms with E-state index in [0.29, 0.717) is 17.5 Å². The molecule has 9 aromatic rings. The van der Waals surface area contributed by atoms with Gasteiger partial charge in [-0.05, 0) is 74.8 Å². The monoisotopic (exact) mass is 695 g/mol. The Balaban J connectivity index is 1.08. The summed E-state index contributed by atoms with van der Waals surface area (Å²) in [5.41, 5.74) is 13.3. The highest BCUT2D eigenvalue weighted by Gasteiger charge is 2.50. The van der Waals surface area contributed by atoms with E-state index >= 15 is 0 Å². The Hall–Kier alpha value is -6.56. The highest BCUT2D eigenvalue weighted by molar-refractivity contribution is 7.99. The Labute approximate surface area is 310 Å². The molecule has 248 valence electrons. The molecule has 3 heterocycles. The molecule has 0 saturated carbocycles. The summed E-state index contributed by atoms with van der Waals surface area (Å²) in [4.78, 5) is 17.4. The zero-order valence-electron chi connectivity index (χ0n) is 28.4. The maximum absolute atomic E-state index is 5.96. The summed E-state index contributed by atoms with van der Waals surface area (Å²) in [7, 11) is 0. The molecule has 1 spiro atoms. The van der Waals surface area contributed by atoms with Gasteiger partial charge in [0.25, 0.3) is 0 Å². The van der Waals surface area contributed by atoms with Crippen LogP contribution in [0.4, 0.5) is 0 Å². The van der Waals surface area contributed by atoms with Crippen LogP contribution in [-0.4, -0.2) is 15.0 Å². The number of rotatable bonds is 4. The van der Waals surface area contributed by atoms with Crippen LogP contribution in [0.2, 0.25) is 0 Å². The van der Waals surface area contributed by atoms with Crippen LogP contribution in [0.25, 0.3) is 67.4 Å². The number of furan rings is 1. The predicted molar refractivity (Wildman–Crippen MR) is 213 cm³/mol. The van der Waals surface area contributed by atoms with Crippen LogP contribution in [0.1, 0.15) is 22.3 Å². The normalized spacial score (nSPS) is 13.4. The summed E-state index contributed by atoms with van der Waals surface area (Å²) in [6.07, 6.45) is 1.81. The van der Waals surface area contributed by atoms with Gasteiger partial charge in [-0.3, -0.25) is 0 Å². The Kier molecular flexibility index (Phi) is 6.67. The maximum Gasteiger partial charge on any atom is 0.164 e. The summed E-state index contributed by atoms with van der Waals surface area (Å²) in [5, 5.41) is 1.15. The Morgan fingerprint density at radius 1 is 0.415 bits per heavy atom. The Morgan fingerprint density at radius 3 is 1.57 bits per heavy atom. The third-order valence-corrected chi connectivity index (χ3v) is 11.9. The van der Waals surface area contributed by atoms with Crippen LogP contribution in [-0.2, 0) is 5.41 Å². The molecule has 0 N–H and O–H groups in total. The van der Waals surface area contributed by atoms with Crippen molar-refractivity contribution in [3.8, 4) is 56.4 Å². The largest absolute Gasteiger partial charge is 0.464 e. The molecule has 0 unspecified atom stereocenters. The number of fused-ring (bicyclic) bond motifs is 11. The lowest BCUT2D eigenvalue weighted by Crippen LogP contribution is -2.31. The molecule has 1 aliphatic carbocycles. The fourth-order valence-corrected chi connectivity index (χ4v) is 9.56. The minimum Gasteiger partial charge on any atom is -0.464 e. The maximum atomic E-state index is 5.96. The van der Waals surface area contributed by atoms with Crippen molar-refractivity contribution in [2.75, 3.05) is 0 Å². The van der Waals surface area contributed by atoms with Crippen LogP contribution in [0.3, 0.4) is 0 Å². The van der Waals surface area contributed by atoms with E-state index in [4.69, 9.17) is 19.4 Å². The quantitative estimate of drug-likeness (QED) is 0.183. The topological polar surface area (TPSA) is 51.8 Å². The molecule has 53 heavy (non-hydrogen) atoms. The second-order valence-electron chi connectivity index (χ2n) is 13.5. The van der Waals surface area contributed by atoms with Crippen molar-refractivity contribution in [3.63, 3.8) is 0 Å². The summed E-state index contributed by atoms with van der Waals surface area (Å²) >= 11 is 1.86. The zero-order valence-corrected chi connectivity index (χ0v) is 29.2.